The van der Waals surface area contributed by atoms with Gasteiger partial charge in [-0.25, -0.2) is 0 Å². The lowest BCUT2D eigenvalue weighted by Gasteiger charge is -2.17. The summed E-state index contributed by atoms with van der Waals surface area (Å²) in [5.74, 6) is 0.0507. The van der Waals surface area contributed by atoms with Crippen LogP contribution in [0.15, 0.2) is 121 Å². The van der Waals surface area contributed by atoms with Crippen molar-refractivity contribution < 1.29 is 4.79 Å². The van der Waals surface area contributed by atoms with Gasteiger partial charge in [0.25, 0.3) is 0 Å². The Morgan fingerprint density at radius 2 is 0.833 bits per heavy atom. The molecule has 0 heterocycles. The van der Waals surface area contributed by atoms with Crippen LogP contribution in [-0.2, 0) is 0 Å². The van der Waals surface area contributed by atoms with E-state index >= 15 is 0 Å². The van der Waals surface area contributed by atoms with Gasteiger partial charge in [0.2, 0.25) is 0 Å². The van der Waals surface area contributed by atoms with E-state index in [1.807, 2.05) is 24.3 Å². The van der Waals surface area contributed by atoms with Crippen LogP contribution in [0.3, 0.4) is 0 Å². The predicted molar refractivity (Wildman–Crippen MR) is 152 cm³/mol. The van der Waals surface area contributed by atoms with E-state index in [2.05, 4.69) is 111 Å². The Kier molecular flexibility index (Phi) is 5.47. The Morgan fingerprint density at radius 3 is 1.25 bits per heavy atom. The number of rotatable bonds is 4. The summed E-state index contributed by atoms with van der Waals surface area (Å²) < 4.78 is 0. The fourth-order valence-electron chi connectivity index (χ4n) is 5.10. The van der Waals surface area contributed by atoms with E-state index < -0.39 is 0 Å². The molecule has 0 aliphatic rings. The zero-order valence-corrected chi connectivity index (χ0v) is 20.5. The molecular weight excluding hydrogens is 436 g/mol. The highest BCUT2D eigenvalue weighted by atomic mass is 16.1. The summed E-state index contributed by atoms with van der Waals surface area (Å²) in [7, 11) is 0. The summed E-state index contributed by atoms with van der Waals surface area (Å²) in [4.78, 5) is 14.8. The van der Waals surface area contributed by atoms with Crippen LogP contribution in [0.1, 0.15) is 27.0 Å². The third-order valence-corrected chi connectivity index (χ3v) is 7.04. The molecule has 1 nitrogen and oxygen atoms in total. The van der Waals surface area contributed by atoms with Crippen LogP contribution >= 0.6 is 0 Å². The third-order valence-electron chi connectivity index (χ3n) is 7.04. The molecule has 1 heteroatoms. The minimum atomic E-state index is 0.0507. The lowest BCUT2D eigenvalue weighted by atomic mass is 9.84. The second kappa shape index (κ2) is 8.94. The number of hydrogen-bond donors (Lipinski definition) is 0. The first kappa shape index (κ1) is 22.0. The van der Waals surface area contributed by atoms with E-state index in [1.165, 1.54) is 11.1 Å². The Balaban J connectivity index is 1.68. The maximum Gasteiger partial charge on any atom is 0.195 e. The number of fused-ring (bicyclic) bond motifs is 2. The first-order chi connectivity index (χ1) is 17.6. The number of carbonyl (C=O) groups excluding carboxylic acids is 1. The normalized spacial score (nSPS) is 11.2. The summed E-state index contributed by atoms with van der Waals surface area (Å²) in [6.45, 7) is 4.17. The Morgan fingerprint density at radius 1 is 0.444 bits per heavy atom. The first-order valence-electron chi connectivity index (χ1n) is 12.3. The number of benzene rings is 6. The number of hydrogen-bond acceptors (Lipinski definition) is 1. The van der Waals surface area contributed by atoms with Crippen LogP contribution in [0.5, 0.6) is 0 Å². The number of aryl methyl sites for hydroxylation is 2. The second-order valence-electron chi connectivity index (χ2n) is 9.48. The largest absolute Gasteiger partial charge is 0.289 e. The van der Waals surface area contributed by atoms with Crippen molar-refractivity contribution in [2.24, 2.45) is 0 Å². The van der Waals surface area contributed by atoms with E-state index in [0.717, 1.165) is 54.9 Å². The van der Waals surface area contributed by atoms with Crippen molar-refractivity contribution >= 4 is 27.3 Å². The number of carbonyl (C=O) groups is 1. The van der Waals surface area contributed by atoms with Gasteiger partial charge in [-0.3, -0.25) is 4.79 Å². The van der Waals surface area contributed by atoms with Gasteiger partial charge in [0.1, 0.15) is 0 Å². The zero-order valence-electron chi connectivity index (χ0n) is 20.5. The van der Waals surface area contributed by atoms with Gasteiger partial charge in [-0.2, -0.15) is 0 Å². The van der Waals surface area contributed by atoms with Crippen LogP contribution in [0.25, 0.3) is 43.8 Å². The summed E-state index contributed by atoms with van der Waals surface area (Å²) in [6, 6.07) is 41.7. The molecule has 6 aromatic carbocycles. The van der Waals surface area contributed by atoms with Crippen molar-refractivity contribution in [2.75, 3.05) is 0 Å². The monoisotopic (exact) mass is 462 g/mol. The van der Waals surface area contributed by atoms with Crippen molar-refractivity contribution in [1.82, 2.24) is 0 Å². The molecule has 0 amide bonds. The molecule has 36 heavy (non-hydrogen) atoms. The van der Waals surface area contributed by atoms with Crippen LogP contribution in [-0.4, -0.2) is 5.78 Å². The van der Waals surface area contributed by atoms with E-state index in [0.29, 0.717) is 0 Å². The van der Waals surface area contributed by atoms with E-state index in [9.17, 15) is 4.79 Å². The molecule has 0 aromatic heterocycles. The van der Waals surface area contributed by atoms with Crippen molar-refractivity contribution in [1.29, 1.82) is 0 Å². The molecule has 0 spiro atoms. The highest BCUT2D eigenvalue weighted by Crippen LogP contribution is 2.37. The molecule has 6 aromatic rings. The summed E-state index contributed by atoms with van der Waals surface area (Å²) >= 11 is 0. The molecule has 0 unspecified atom stereocenters. The first-order valence-corrected chi connectivity index (χ1v) is 12.3. The predicted octanol–water partition coefficient (Wildman–Crippen LogP) is 9.17. The van der Waals surface area contributed by atoms with Gasteiger partial charge in [0.05, 0.1) is 0 Å². The molecule has 0 aliphatic carbocycles. The van der Waals surface area contributed by atoms with Gasteiger partial charge in [0, 0.05) is 11.1 Å². The Bertz CT molecular complexity index is 1610. The average Bonchev–Trinajstić information content (AvgIpc) is 2.92. The molecule has 0 fully saturated rings. The van der Waals surface area contributed by atoms with Gasteiger partial charge < -0.3 is 0 Å². The quantitative estimate of drug-likeness (QED) is 0.239. The van der Waals surface area contributed by atoms with Crippen molar-refractivity contribution in [3.05, 3.63) is 144 Å². The SMILES string of the molecule is Cc1ccc(-c2ccc3ccccc3c2C(=O)c2c(-c3ccc(C)cc3)ccc3ccccc23)cc1. The molecule has 0 saturated carbocycles. The molecule has 6 rings (SSSR count). The maximum absolute atomic E-state index is 14.8. The van der Waals surface area contributed by atoms with Gasteiger partial charge >= 0.3 is 0 Å². The lowest BCUT2D eigenvalue weighted by Crippen LogP contribution is -2.08. The molecule has 0 bridgehead atoms. The molecule has 0 saturated heterocycles. The fourth-order valence-corrected chi connectivity index (χ4v) is 5.10. The maximum atomic E-state index is 14.8. The fraction of sp³-hybridized carbons (Fsp3) is 0.0571. The summed E-state index contributed by atoms with van der Waals surface area (Å²) in [5, 5.41) is 4.08. The highest BCUT2D eigenvalue weighted by molar-refractivity contribution is 6.27. The second-order valence-corrected chi connectivity index (χ2v) is 9.48. The van der Waals surface area contributed by atoms with Gasteiger partial charge in [0.15, 0.2) is 5.78 Å². The average molecular weight is 463 g/mol. The van der Waals surface area contributed by atoms with Crippen LogP contribution in [0, 0.1) is 13.8 Å². The highest BCUT2D eigenvalue weighted by Gasteiger charge is 2.23. The lowest BCUT2D eigenvalue weighted by molar-refractivity contribution is 0.104. The molecular formula is C35H26O. The van der Waals surface area contributed by atoms with E-state index in [4.69, 9.17) is 0 Å². The van der Waals surface area contributed by atoms with Crippen molar-refractivity contribution in [3.8, 4) is 22.3 Å². The topological polar surface area (TPSA) is 17.1 Å². The minimum Gasteiger partial charge on any atom is -0.289 e. The zero-order chi connectivity index (χ0) is 24.6. The third kappa shape index (κ3) is 3.79. The Hall–Kier alpha value is -4.49. The van der Waals surface area contributed by atoms with Gasteiger partial charge in [-0.15, -0.1) is 0 Å². The van der Waals surface area contributed by atoms with E-state index in [-0.39, 0.29) is 5.78 Å². The van der Waals surface area contributed by atoms with Crippen molar-refractivity contribution in [2.45, 2.75) is 13.8 Å². The molecule has 0 radical (unpaired) electrons. The number of ketones is 1. The molecule has 0 N–H and O–H groups in total. The van der Waals surface area contributed by atoms with Crippen LogP contribution < -0.4 is 0 Å². The summed E-state index contributed by atoms with van der Waals surface area (Å²) in [6.07, 6.45) is 0. The van der Waals surface area contributed by atoms with Crippen molar-refractivity contribution in [3.63, 3.8) is 0 Å². The minimum absolute atomic E-state index is 0.0507. The standard InChI is InChI=1S/C35H26O/c1-23-11-15-27(16-12-23)31-21-19-25-7-3-5-9-29(25)33(31)35(36)34-30-10-6-4-8-26(30)20-22-32(34)28-17-13-24(2)14-18-28/h3-22H,1-2H3. The molecule has 0 atom stereocenters. The molecule has 172 valence electrons. The van der Waals surface area contributed by atoms with Crippen LogP contribution in [0.2, 0.25) is 0 Å². The van der Waals surface area contributed by atoms with Gasteiger partial charge in [-0.1, -0.05) is 132 Å². The van der Waals surface area contributed by atoms with E-state index in [1.54, 1.807) is 0 Å². The molecule has 0 aliphatic heterocycles. The van der Waals surface area contributed by atoms with Gasteiger partial charge in [-0.05, 0) is 57.6 Å². The Labute approximate surface area is 211 Å². The van der Waals surface area contributed by atoms with Crippen LogP contribution in [0.4, 0.5) is 0 Å². The summed E-state index contributed by atoms with van der Waals surface area (Å²) in [5.41, 5.74) is 7.91. The smallest absolute Gasteiger partial charge is 0.195 e.